The van der Waals surface area contributed by atoms with Gasteiger partial charge in [-0.05, 0) is 18.2 Å². The van der Waals surface area contributed by atoms with Gasteiger partial charge < -0.3 is 9.73 Å². The standard InChI is InChI=1S/C13H14F2N2O/c1-2-11-7-17-13(18-11)8-16-6-9-5-10(14)3-4-12(9)15/h3-5,7,16H,2,6,8H2,1H3. The van der Waals surface area contributed by atoms with Crippen LogP contribution >= 0.6 is 0 Å². The molecule has 0 radical (unpaired) electrons. The SMILES string of the molecule is CCc1cnc(CNCc2cc(F)ccc2F)o1. The van der Waals surface area contributed by atoms with Crippen LogP contribution in [0.1, 0.15) is 24.1 Å². The molecule has 0 aliphatic rings. The molecule has 2 aromatic rings. The minimum atomic E-state index is -0.447. The predicted molar refractivity (Wildman–Crippen MR) is 62.8 cm³/mol. The fourth-order valence-corrected chi connectivity index (χ4v) is 1.58. The van der Waals surface area contributed by atoms with Crippen LogP contribution in [0.15, 0.2) is 28.8 Å². The van der Waals surface area contributed by atoms with E-state index in [0.717, 1.165) is 24.3 Å². The number of oxazole rings is 1. The van der Waals surface area contributed by atoms with Gasteiger partial charge in [0.2, 0.25) is 5.89 Å². The van der Waals surface area contributed by atoms with Crippen LogP contribution in [0.2, 0.25) is 0 Å². The fraction of sp³-hybridized carbons (Fsp3) is 0.308. The first-order chi connectivity index (χ1) is 8.69. The number of rotatable bonds is 5. The van der Waals surface area contributed by atoms with Crippen LogP contribution in [0.5, 0.6) is 0 Å². The maximum absolute atomic E-state index is 13.3. The van der Waals surface area contributed by atoms with E-state index in [0.29, 0.717) is 12.4 Å². The maximum Gasteiger partial charge on any atom is 0.208 e. The zero-order valence-electron chi connectivity index (χ0n) is 10.0. The van der Waals surface area contributed by atoms with Gasteiger partial charge in [0.25, 0.3) is 0 Å². The van der Waals surface area contributed by atoms with Gasteiger partial charge in [-0.25, -0.2) is 13.8 Å². The van der Waals surface area contributed by atoms with Crippen molar-refractivity contribution < 1.29 is 13.2 Å². The summed E-state index contributed by atoms with van der Waals surface area (Å²) >= 11 is 0. The Labute approximate surface area is 104 Å². The van der Waals surface area contributed by atoms with Gasteiger partial charge in [0, 0.05) is 18.5 Å². The molecular formula is C13H14F2N2O. The zero-order chi connectivity index (χ0) is 13.0. The van der Waals surface area contributed by atoms with E-state index in [2.05, 4.69) is 10.3 Å². The Hall–Kier alpha value is -1.75. The predicted octanol–water partition coefficient (Wildman–Crippen LogP) is 2.81. The lowest BCUT2D eigenvalue weighted by molar-refractivity contribution is 0.437. The number of nitrogens with one attached hydrogen (secondary N) is 1. The second kappa shape index (κ2) is 5.73. The molecule has 0 fully saturated rings. The third-order valence-electron chi connectivity index (χ3n) is 2.55. The Kier molecular flexibility index (Phi) is 4.04. The molecule has 2 rings (SSSR count). The summed E-state index contributed by atoms with van der Waals surface area (Å²) in [5.74, 6) is 0.482. The van der Waals surface area contributed by atoms with E-state index in [9.17, 15) is 8.78 Å². The summed E-state index contributed by atoms with van der Waals surface area (Å²) in [4.78, 5) is 4.06. The Morgan fingerprint density at radius 2 is 2.11 bits per heavy atom. The first kappa shape index (κ1) is 12.7. The summed E-state index contributed by atoms with van der Waals surface area (Å²) < 4.78 is 31.6. The summed E-state index contributed by atoms with van der Waals surface area (Å²) in [6, 6.07) is 3.39. The molecule has 5 heteroatoms. The highest BCUT2D eigenvalue weighted by Gasteiger charge is 2.05. The van der Waals surface area contributed by atoms with Crippen molar-refractivity contribution in [2.45, 2.75) is 26.4 Å². The number of aryl methyl sites for hydroxylation is 1. The van der Waals surface area contributed by atoms with Crippen molar-refractivity contribution in [3.63, 3.8) is 0 Å². The number of hydrogen-bond donors (Lipinski definition) is 1. The molecule has 1 N–H and O–H groups in total. The average molecular weight is 252 g/mol. The van der Waals surface area contributed by atoms with Crippen LogP contribution in [0.25, 0.3) is 0 Å². The van der Waals surface area contributed by atoms with Crippen molar-refractivity contribution in [1.29, 1.82) is 0 Å². The van der Waals surface area contributed by atoms with E-state index >= 15 is 0 Å². The van der Waals surface area contributed by atoms with Crippen molar-refractivity contribution >= 4 is 0 Å². The van der Waals surface area contributed by atoms with Crippen LogP contribution in [-0.2, 0) is 19.5 Å². The van der Waals surface area contributed by atoms with Crippen LogP contribution < -0.4 is 5.32 Å². The summed E-state index contributed by atoms with van der Waals surface area (Å²) in [5.41, 5.74) is 0.289. The molecular weight excluding hydrogens is 238 g/mol. The molecule has 0 saturated heterocycles. The molecule has 0 saturated carbocycles. The number of halogens is 2. The summed E-state index contributed by atoms with van der Waals surface area (Å²) in [5, 5.41) is 2.96. The average Bonchev–Trinajstić information content (AvgIpc) is 2.81. The van der Waals surface area contributed by atoms with Crippen molar-refractivity contribution in [3.8, 4) is 0 Å². The highest BCUT2D eigenvalue weighted by molar-refractivity contribution is 5.18. The highest BCUT2D eigenvalue weighted by atomic mass is 19.1. The Morgan fingerprint density at radius 3 is 2.83 bits per heavy atom. The molecule has 0 spiro atoms. The molecule has 96 valence electrons. The molecule has 0 aliphatic carbocycles. The molecule has 0 aliphatic heterocycles. The molecule has 0 bridgehead atoms. The van der Waals surface area contributed by atoms with Gasteiger partial charge in [0.15, 0.2) is 0 Å². The van der Waals surface area contributed by atoms with Gasteiger partial charge in [-0.15, -0.1) is 0 Å². The lowest BCUT2D eigenvalue weighted by Crippen LogP contribution is -2.14. The number of nitrogens with zero attached hydrogens (tertiary/aromatic N) is 1. The lowest BCUT2D eigenvalue weighted by Gasteiger charge is -2.04. The number of aromatic nitrogens is 1. The summed E-state index contributed by atoms with van der Waals surface area (Å²) in [6.07, 6.45) is 2.45. The smallest absolute Gasteiger partial charge is 0.208 e. The van der Waals surface area contributed by atoms with Gasteiger partial charge in [-0.1, -0.05) is 6.92 Å². The second-order valence-corrected chi connectivity index (χ2v) is 3.91. The van der Waals surface area contributed by atoms with Gasteiger partial charge in [0.05, 0.1) is 12.7 Å². The molecule has 1 aromatic heterocycles. The van der Waals surface area contributed by atoms with Gasteiger partial charge in [0.1, 0.15) is 17.4 Å². The second-order valence-electron chi connectivity index (χ2n) is 3.91. The van der Waals surface area contributed by atoms with E-state index in [1.807, 2.05) is 6.92 Å². The summed E-state index contributed by atoms with van der Waals surface area (Å²) in [7, 11) is 0. The summed E-state index contributed by atoms with van der Waals surface area (Å²) in [6.45, 7) is 2.59. The first-order valence-corrected chi connectivity index (χ1v) is 5.77. The number of benzene rings is 1. The first-order valence-electron chi connectivity index (χ1n) is 5.77. The van der Waals surface area contributed by atoms with Crippen LogP contribution in [-0.4, -0.2) is 4.98 Å². The lowest BCUT2D eigenvalue weighted by atomic mass is 10.2. The molecule has 18 heavy (non-hydrogen) atoms. The van der Waals surface area contributed by atoms with Crippen molar-refractivity contribution in [2.24, 2.45) is 0 Å². The molecule has 1 heterocycles. The molecule has 1 aromatic carbocycles. The van der Waals surface area contributed by atoms with Crippen LogP contribution in [0.4, 0.5) is 8.78 Å². The molecule has 0 unspecified atom stereocenters. The fourth-order valence-electron chi connectivity index (χ4n) is 1.58. The third kappa shape index (κ3) is 3.13. The van der Waals surface area contributed by atoms with E-state index in [-0.39, 0.29) is 12.1 Å². The van der Waals surface area contributed by atoms with Gasteiger partial charge in [-0.2, -0.15) is 0 Å². The third-order valence-corrected chi connectivity index (χ3v) is 2.55. The van der Waals surface area contributed by atoms with E-state index < -0.39 is 11.6 Å². The largest absolute Gasteiger partial charge is 0.444 e. The molecule has 0 atom stereocenters. The van der Waals surface area contributed by atoms with Crippen molar-refractivity contribution in [2.75, 3.05) is 0 Å². The topological polar surface area (TPSA) is 38.1 Å². The highest BCUT2D eigenvalue weighted by Crippen LogP contribution is 2.10. The molecule has 0 amide bonds. The van der Waals surface area contributed by atoms with E-state index in [1.54, 1.807) is 6.20 Å². The van der Waals surface area contributed by atoms with Gasteiger partial charge >= 0.3 is 0 Å². The number of hydrogen-bond acceptors (Lipinski definition) is 3. The van der Waals surface area contributed by atoms with Crippen molar-refractivity contribution in [3.05, 3.63) is 53.2 Å². The Bertz CT molecular complexity index is 525. The Balaban J connectivity index is 1.90. The molecule has 3 nitrogen and oxygen atoms in total. The quantitative estimate of drug-likeness (QED) is 0.889. The van der Waals surface area contributed by atoms with Crippen LogP contribution in [0, 0.1) is 11.6 Å². The monoisotopic (exact) mass is 252 g/mol. The van der Waals surface area contributed by atoms with Crippen molar-refractivity contribution in [1.82, 2.24) is 10.3 Å². The minimum absolute atomic E-state index is 0.230. The van der Waals surface area contributed by atoms with E-state index in [4.69, 9.17) is 4.42 Å². The zero-order valence-corrected chi connectivity index (χ0v) is 10.0. The van der Waals surface area contributed by atoms with E-state index in [1.165, 1.54) is 6.07 Å². The minimum Gasteiger partial charge on any atom is -0.444 e. The van der Waals surface area contributed by atoms with Crippen LogP contribution in [0.3, 0.4) is 0 Å². The normalized spacial score (nSPS) is 10.8. The maximum atomic E-state index is 13.3. The Morgan fingerprint density at radius 1 is 1.28 bits per heavy atom. The van der Waals surface area contributed by atoms with Gasteiger partial charge in [-0.3, -0.25) is 0 Å².